The van der Waals surface area contributed by atoms with Crippen molar-refractivity contribution in [2.45, 2.75) is 45.7 Å². The van der Waals surface area contributed by atoms with Crippen molar-refractivity contribution in [2.75, 3.05) is 13.1 Å². The van der Waals surface area contributed by atoms with E-state index in [4.69, 9.17) is 10.2 Å². The summed E-state index contributed by atoms with van der Waals surface area (Å²) in [6.07, 6.45) is 3.29. The number of piperidine rings is 1. The first-order chi connectivity index (χ1) is 8.24. The second-order valence-electron chi connectivity index (χ2n) is 4.84. The summed E-state index contributed by atoms with van der Waals surface area (Å²) >= 11 is 0. The van der Waals surface area contributed by atoms with Crippen molar-refractivity contribution < 1.29 is 4.42 Å². The smallest absolute Gasteiger partial charge is 0.230 e. The Morgan fingerprint density at radius 1 is 1.41 bits per heavy atom. The SMILES string of the molecule is CCc1nnc(CN2CCCC(C)C2CN)o1. The minimum Gasteiger partial charge on any atom is -0.424 e. The van der Waals surface area contributed by atoms with E-state index >= 15 is 0 Å². The molecular formula is C12H22N4O. The standard InChI is InChI=1S/C12H22N4O/c1-3-11-14-15-12(17-11)8-16-6-4-5-9(2)10(16)7-13/h9-10H,3-8,13H2,1-2H3. The summed E-state index contributed by atoms with van der Waals surface area (Å²) < 4.78 is 5.56. The lowest BCUT2D eigenvalue weighted by atomic mass is 9.91. The fourth-order valence-electron chi connectivity index (χ4n) is 2.58. The van der Waals surface area contributed by atoms with Gasteiger partial charge >= 0.3 is 0 Å². The van der Waals surface area contributed by atoms with Gasteiger partial charge in [0.1, 0.15) is 0 Å². The van der Waals surface area contributed by atoms with Crippen LogP contribution in [0.3, 0.4) is 0 Å². The molecule has 0 saturated carbocycles. The fourth-order valence-corrected chi connectivity index (χ4v) is 2.58. The molecule has 0 spiro atoms. The van der Waals surface area contributed by atoms with Crippen LogP contribution in [0.15, 0.2) is 4.42 Å². The van der Waals surface area contributed by atoms with Crippen LogP contribution in [0.4, 0.5) is 0 Å². The monoisotopic (exact) mass is 238 g/mol. The number of hydrogen-bond acceptors (Lipinski definition) is 5. The Balaban J connectivity index is 2.00. The predicted octanol–water partition coefficient (Wildman–Crippen LogP) is 1.19. The second kappa shape index (κ2) is 5.60. The van der Waals surface area contributed by atoms with Gasteiger partial charge in [-0.15, -0.1) is 10.2 Å². The third-order valence-corrected chi connectivity index (χ3v) is 3.62. The van der Waals surface area contributed by atoms with Gasteiger partial charge in [0, 0.05) is 19.0 Å². The largest absolute Gasteiger partial charge is 0.424 e. The number of nitrogens with zero attached hydrogens (tertiary/aromatic N) is 3. The zero-order valence-corrected chi connectivity index (χ0v) is 10.7. The molecule has 1 saturated heterocycles. The highest BCUT2D eigenvalue weighted by Crippen LogP contribution is 2.23. The van der Waals surface area contributed by atoms with E-state index in [-0.39, 0.29) is 0 Å². The van der Waals surface area contributed by atoms with Crippen LogP contribution in [0.1, 0.15) is 38.5 Å². The topological polar surface area (TPSA) is 68.2 Å². The molecule has 0 radical (unpaired) electrons. The van der Waals surface area contributed by atoms with Crippen LogP contribution in [0, 0.1) is 5.92 Å². The number of nitrogens with two attached hydrogens (primary N) is 1. The third kappa shape index (κ3) is 2.84. The van der Waals surface area contributed by atoms with Crippen molar-refractivity contribution in [2.24, 2.45) is 11.7 Å². The predicted molar refractivity (Wildman–Crippen MR) is 65.3 cm³/mol. The molecule has 0 aliphatic carbocycles. The molecule has 2 N–H and O–H groups in total. The molecule has 2 heterocycles. The van der Waals surface area contributed by atoms with E-state index in [9.17, 15) is 0 Å². The van der Waals surface area contributed by atoms with Crippen LogP contribution < -0.4 is 5.73 Å². The van der Waals surface area contributed by atoms with Crippen molar-refractivity contribution in [3.63, 3.8) is 0 Å². The quantitative estimate of drug-likeness (QED) is 0.853. The Bertz CT molecular complexity index is 352. The lowest BCUT2D eigenvalue weighted by Gasteiger charge is -2.38. The molecule has 5 nitrogen and oxygen atoms in total. The van der Waals surface area contributed by atoms with Crippen molar-refractivity contribution in [3.8, 4) is 0 Å². The maximum Gasteiger partial charge on any atom is 0.230 e. The van der Waals surface area contributed by atoms with Gasteiger partial charge in [-0.1, -0.05) is 13.8 Å². The third-order valence-electron chi connectivity index (χ3n) is 3.62. The van der Waals surface area contributed by atoms with Crippen LogP contribution in [-0.2, 0) is 13.0 Å². The van der Waals surface area contributed by atoms with E-state index in [0.717, 1.165) is 25.4 Å². The van der Waals surface area contributed by atoms with E-state index < -0.39 is 0 Å². The Hall–Kier alpha value is -0.940. The molecule has 2 rings (SSSR count). The lowest BCUT2D eigenvalue weighted by Crippen LogP contribution is -2.48. The van der Waals surface area contributed by atoms with E-state index in [1.165, 1.54) is 12.8 Å². The molecular weight excluding hydrogens is 216 g/mol. The maximum absolute atomic E-state index is 5.86. The molecule has 0 aromatic carbocycles. The number of aryl methyl sites for hydroxylation is 1. The molecule has 0 bridgehead atoms. The van der Waals surface area contributed by atoms with Crippen LogP contribution >= 0.6 is 0 Å². The lowest BCUT2D eigenvalue weighted by molar-refractivity contribution is 0.0894. The highest BCUT2D eigenvalue weighted by Gasteiger charge is 2.28. The number of hydrogen-bond donors (Lipinski definition) is 1. The summed E-state index contributed by atoms with van der Waals surface area (Å²) in [6.45, 7) is 6.81. The van der Waals surface area contributed by atoms with Crippen molar-refractivity contribution >= 4 is 0 Å². The Morgan fingerprint density at radius 2 is 2.18 bits per heavy atom. The van der Waals surface area contributed by atoms with E-state index in [0.29, 0.717) is 24.4 Å². The van der Waals surface area contributed by atoms with Gasteiger partial charge in [0.2, 0.25) is 11.8 Å². The first kappa shape index (κ1) is 12.5. The van der Waals surface area contributed by atoms with Crippen LogP contribution in [-0.4, -0.2) is 34.2 Å². The van der Waals surface area contributed by atoms with Crippen molar-refractivity contribution in [1.29, 1.82) is 0 Å². The highest BCUT2D eigenvalue weighted by molar-refractivity contribution is 4.87. The maximum atomic E-state index is 5.86. The molecule has 1 aromatic heterocycles. The Kier molecular flexibility index (Phi) is 4.12. The van der Waals surface area contributed by atoms with Gasteiger partial charge in [0.15, 0.2) is 0 Å². The number of rotatable bonds is 4. The van der Waals surface area contributed by atoms with Gasteiger partial charge in [0.05, 0.1) is 6.54 Å². The van der Waals surface area contributed by atoms with Gasteiger partial charge in [0.25, 0.3) is 0 Å². The summed E-state index contributed by atoms with van der Waals surface area (Å²) in [5, 5.41) is 8.07. The summed E-state index contributed by atoms with van der Waals surface area (Å²) in [4.78, 5) is 2.38. The van der Waals surface area contributed by atoms with E-state index in [1.807, 2.05) is 6.92 Å². The zero-order valence-electron chi connectivity index (χ0n) is 10.7. The molecule has 1 aromatic rings. The molecule has 1 aliphatic rings. The molecule has 2 atom stereocenters. The second-order valence-corrected chi connectivity index (χ2v) is 4.84. The normalized spacial score (nSPS) is 26.3. The van der Waals surface area contributed by atoms with E-state index in [2.05, 4.69) is 22.0 Å². The van der Waals surface area contributed by atoms with Gasteiger partial charge in [-0.3, -0.25) is 4.90 Å². The van der Waals surface area contributed by atoms with Gasteiger partial charge in [-0.2, -0.15) is 0 Å². The van der Waals surface area contributed by atoms with Crippen LogP contribution in [0.5, 0.6) is 0 Å². The summed E-state index contributed by atoms with van der Waals surface area (Å²) in [7, 11) is 0. The first-order valence-electron chi connectivity index (χ1n) is 6.50. The van der Waals surface area contributed by atoms with E-state index in [1.54, 1.807) is 0 Å². The Labute approximate surface area is 102 Å². The van der Waals surface area contributed by atoms with Crippen molar-refractivity contribution in [3.05, 3.63) is 11.8 Å². The van der Waals surface area contributed by atoms with Gasteiger partial charge in [-0.25, -0.2) is 0 Å². The molecule has 0 amide bonds. The first-order valence-corrected chi connectivity index (χ1v) is 6.50. The number of aromatic nitrogens is 2. The summed E-state index contributed by atoms with van der Waals surface area (Å²) in [5.74, 6) is 2.09. The number of likely N-dealkylation sites (tertiary alicyclic amines) is 1. The fraction of sp³-hybridized carbons (Fsp3) is 0.833. The molecule has 96 valence electrons. The molecule has 1 aliphatic heterocycles. The molecule has 1 fully saturated rings. The van der Waals surface area contributed by atoms with Crippen LogP contribution in [0.2, 0.25) is 0 Å². The minimum absolute atomic E-state index is 0.445. The molecule has 2 unspecified atom stereocenters. The average molecular weight is 238 g/mol. The van der Waals surface area contributed by atoms with Crippen LogP contribution in [0.25, 0.3) is 0 Å². The average Bonchev–Trinajstić information content (AvgIpc) is 2.77. The summed E-state index contributed by atoms with van der Waals surface area (Å²) in [5.41, 5.74) is 5.86. The summed E-state index contributed by atoms with van der Waals surface area (Å²) in [6, 6.07) is 0.445. The van der Waals surface area contributed by atoms with Crippen molar-refractivity contribution in [1.82, 2.24) is 15.1 Å². The zero-order chi connectivity index (χ0) is 12.3. The van der Waals surface area contributed by atoms with Gasteiger partial charge < -0.3 is 10.2 Å². The Morgan fingerprint density at radius 3 is 2.82 bits per heavy atom. The van der Waals surface area contributed by atoms with Gasteiger partial charge in [-0.05, 0) is 25.3 Å². The molecule has 17 heavy (non-hydrogen) atoms. The highest BCUT2D eigenvalue weighted by atomic mass is 16.4. The molecule has 5 heteroatoms. The minimum atomic E-state index is 0.445.